The summed E-state index contributed by atoms with van der Waals surface area (Å²) in [7, 11) is 0. The van der Waals surface area contributed by atoms with Crippen LogP contribution in [-0.2, 0) is 0 Å². The Morgan fingerprint density at radius 1 is 0.917 bits per heavy atom. The van der Waals surface area contributed by atoms with E-state index < -0.39 is 0 Å². The highest BCUT2D eigenvalue weighted by atomic mass is 16.1. The zero-order valence-electron chi connectivity index (χ0n) is 7.13. The van der Waals surface area contributed by atoms with Crippen molar-refractivity contribution < 1.29 is 9.59 Å². The van der Waals surface area contributed by atoms with Crippen LogP contribution in [0.4, 0.5) is 0 Å². The lowest BCUT2D eigenvalue weighted by Crippen LogP contribution is -1.93. The van der Waals surface area contributed by atoms with Crippen LogP contribution in [0.2, 0.25) is 0 Å². The van der Waals surface area contributed by atoms with Crippen LogP contribution in [0.5, 0.6) is 0 Å². The van der Waals surface area contributed by atoms with Crippen molar-refractivity contribution in [1.29, 1.82) is 0 Å². The van der Waals surface area contributed by atoms with Crippen LogP contribution in [0.3, 0.4) is 0 Å². The van der Waals surface area contributed by atoms with E-state index in [0.717, 1.165) is 11.1 Å². The average Bonchev–Trinajstić information content (AvgIpc) is 2.09. The largest absolute Gasteiger partial charge is 0.298 e. The highest BCUT2D eigenvalue weighted by Crippen LogP contribution is 2.12. The van der Waals surface area contributed by atoms with E-state index >= 15 is 0 Å². The molecular formula is C10H10O2. The van der Waals surface area contributed by atoms with E-state index in [4.69, 9.17) is 0 Å². The summed E-state index contributed by atoms with van der Waals surface area (Å²) in [4.78, 5) is 21.0. The molecule has 0 aliphatic carbocycles. The minimum absolute atomic E-state index is 0.466. The molecule has 0 unspecified atom stereocenters. The topological polar surface area (TPSA) is 34.1 Å². The number of rotatable bonds is 2. The molecule has 2 heteroatoms. The van der Waals surface area contributed by atoms with Gasteiger partial charge >= 0.3 is 0 Å². The van der Waals surface area contributed by atoms with Crippen molar-refractivity contribution >= 4 is 12.6 Å². The lowest BCUT2D eigenvalue weighted by atomic mass is 10.0. The minimum Gasteiger partial charge on any atom is -0.298 e. The molecule has 1 aromatic carbocycles. The van der Waals surface area contributed by atoms with Crippen molar-refractivity contribution in [3.05, 3.63) is 34.4 Å². The summed E-state index contributed by atoms with van der Waals surface area (Å²) in [5.74, 6) is 0. The molecule has 0 N–H and O–H groups in total. The first-order valence-corrected chi connectivity index (χ1v) is 3.70. The van der Waals surface area contributed by atoms with Gasteiger partial charge in [0, 0.05) is 11.1 Å². The lowest BCUT2D eigenvalue weighted by molar-refractivity contribution is 0.109. The third-order valence-electron chi connectivity index (χ3n) is 1.95. The van der Waals surface area contributed by atoms with Crippen molar-refractivity contribution in [1.82, 2.24) is 0 Å². The Morgan fingerprint density at radius 3 is 1.50 bits per heavy atom. The van der Waals surface area contributed by atoms with Crippen LogP contribution in [0.15, 0.2) is 12.1 Å². The number of carbonyl (C=O) groups excluding carboxylic acids is 2. The van der Waals surface area contributed by atoms with Gasteiger partial charge in [0.1, 0.15) is 0 Å². The van der Waals surface area contributed by atoms with Gasteiger partial charge in [-0.2, -0.15) is 0 Å². The minimum atomic E-state index is 0.466. The van der Waals surface area contributed by atoms with Crippen molar-refractivity contribution in [2.75, 3.05) is 0 Å². The second-order valence-electron chi connectivity index (χ2n) is 2.80. The fraction of sp³-hybridized carbons (Fsp3) is 0.200. The maximum absolute atomic E-state index is 10.5. The first-order chi connectivity index (χ1) is 5.69. The number of hydrogen-bond acceptors (Lipinski definition) is 2. The van der Waals surface area contributed by atoms with Gasteiger partial charge in [0.25, 0.3) is 0 Å². The van der Waals surface area contributed by atoms with E-state index in [1.54, 1.807) is 12.1 Å². The van der Waals surface area contributed by atoms with E-state index in [-0.39, 0.29) is 0 Å². The van der Waals surface area contributed by atoms with Gasteiger partial charge in [-0.15, -0.1) is 0 Å². The molecule has 0 aliphatic heterocycles. The molecule has 0 radical (unpaired) electrons. The molecule has 0 atom stereocenters. The van der Waals surface area contributed by atoms with Crippen LogP contribution in [0.1, 0.15) is 31.8 Å². The van der Waals surface area contributed by atoms with E-state index in [1.165, 1.54) is 0 Å². The number of carbonyl (C=O) groups is 2. The third kappa shape index (κ3) is 1.42. The predicted octanol–water partition coefficient (Wildman–Crippen LogP) is 1.93. The molecule has 0 amide bonds. The van der Waals surface area contributed by atoms with Gasteiger partial charge < -0.3 is 0 Å². The van der Waals surface area contributed by atoms with Crippen LogP contribution < -0.4 is 0 Å². The molecule has 0 bridgehead atoms. The molecule has 0 aromatic heterocycles. The van der Waals surface area contributed by atoms with Crippen LogP contribution >= 0.6 is 0 Å². The van der Waals surface area contributed by atoms with E-state index in [0.29, 0.717) is 23.7 Å². The van der Waals surface area contributed by atoms with Crippen LogP contribution in [0.25, 0.3) is 0 Å². The monoisotopic (exact) mass is 162 g/mol. The van der Waals surface area contributed by atoms with Gasteiger partial charge in [-0.25, -0.2) is 0 Å². The third-order valence-corrected chi connectivity index (χ3v) is 1.95. The first-order valence-electron chi connectivity index (χ1n) is 3.70. The van der Waals surface area contributed by atoms with Crippen molar-refractivity contribution in [3.8, 4) is 0 Å². The first kappa shape index (κ1) is 8.65. The van der Waals surface area contributed by atoms with Gasteiger partial charge in [-0.1, -0.05) is 0 Å². The van der Waals surface area contributed by atoms with Crippen molar-refractivity contribution in [2.45, 2.75) is 13.8 Å². The second kappa shape index (κ2) is 3.30. The van der Waals surface area contributed by atoms with Gasteiger partial charge in [0.05, 0.1) is 0 Å². The molecule has 2 nitrogen and oxygen atoms in total. The number of hydrogen-bond donors (Lipinski definition) is 0. The number of aldehydes is 2. The summed E-state index contributed by atoms with van der Waals surface area (Å²) in [6.07, 6.45) is 1.41. The highest BCUT2D eigenvalue weighted by Gasteiger charge is 2.02. The Balaban J connectivity index is 3.37. The summed E-state index contributed by atoms with van der Waals surface area (Å²) < 4.78 is 0. The SMILES string of the molecule is Cc1cc(C=O)c(C=O)cc1C. The Hall–Kier alpha value is -1.44. The fourth-order valence-corrected chi connectivity index (χ4v) is 1.06. The molecule has 0 aliphatic rings. The van der Waals surface area contributed by atoms with E-state index in [1.807, 2.05) is 13.8 Å². The van der Waals surface area contributed by atoms with Gasteiger partial charge in [0.2, 0.25) is 0 Å². The summed E-state index contributed by atoms with van der Waals surface area (Å²) in [5, 5.41) is 0. The molecule has 0 fully saturated rings. The van der Waals surface area contributed by atoms with Gasteiger partial charge in [-0.05, 0) is 37.1 Å². The standard InChI is InChI=1S/C10H10O2/c1-7-3-9(5-11)10(6-12)4-8(7)2/h3-6H,1-2H3. The highest BCUT2D eigenvalue weighted by molar-refractivity contribution is 5.90. The van der Waals surface area contributed by atoms with Gasteiger partial charge in [-0.3, -0.25) is 9.59 Å². The van der Waals surface area contributed by atoms with Gasteiger partial charge in [0.15, 0.2) is 12.6 Å². The fourth-order valence-electron chi connectivity index (χ4n) is 1.06. The predicted molar refractivity (Wildman–Crippen MR) is 46.7 cm³/mol. The van der Waals surface area contributed by atoms with Crippen LogP contribution in [0, 0.1) is 13.8 Å². The molecular weight excluding hydrogens is 152 g/mol. The summed E-state index contributed by atoms with van der Waals surface area (Å²) in [6.45, 7) is 3.83. The quantitative estimate of drug-likeness (QED) is 0.622. The number of benzene rings is 1. The Labute approximate surface area is 71.2 Å². The summed E-state index contributed by atoms with van der Waals surface area (Å²) >= 11 is 0. The Morgan fingerprint density at radius 2 is 1.25 bits per heavy atom. The molecule has 0 heterocycles. The maximum atomic E-state index is 10.5. The molecule has 12 heavy (non-hydrogen) atoms. The second-order valence-corrected chi connectivity index (χ2v) is 2.80. The maximum Gasteiger partial charge on any atom is 0.150 e. The molecule has 0 saturated carbocycles. The molecule has 1 aromatic rings. The van der Waals surface area contributed by atoms with Crippen LogP contribution in [-0.4, -0.2) is 12.6 Å². The molecule has 0 spiro atoms. The average molecular weight is 162 g/mol. The molecule has 1 rings (SSSR count). The van der Waals surface area contributed by atoms with Crippen molar-refractivity contribution in [3.63, 3.8) is 0 Å². The molecule has 62 valence electrons. The molecule has 0 saturated heterocycles. The zero-order valence-corrected chi connectivity index (χ0v) is 7.13. The normalized spacial score (nSPS) is 9.50. The Kier molecular flexibility index (Phi) is 2.38. The van der Waals surface area contributed by atoms with Crippen molar-refractivity contribution in [2.24, 2.45) is 0 Å². The Bertz CT molecular complexity index is 294. The lowest BCUT2D eigenvalue weighted by Gasteiger charge is -2.02. The zero-order chi connectivity index (χ0) is 9.14. The smallest absolute Gasteiger partial charge is 0.150 e. The van der Waals surface area contributed by atoms with E-state index in [2.05, 4.69) is 0 Å². The summed E-state index contributed by atoms with van der Waals surface area (Å²) in [5.41, 5.74) is 2.99. The summed E-state index contributed by atoms with van der Waals surface area (Å²) in [6, 6.07) is 3.46. The van der Waals surface area contributed by atoms with E-state index in [9.17, 15) is 9.59 Å². The number of aryl methyl sites for hydroxylation is 2.